The van der Waals surface area contributed by atoms with Gasteiger partial charge in [0.15, 0.2) is 0 Å². The van der Waals surface area contributed by atoms with Crippen LogP contribution in [0.15, 0.2) is 23.1 Å². The average Bonchev–Trinajstić information content (AvgIpc) is 2.41. The molecular weight excluding hydrogens is 345 g/mol. The lowest BCUT2D eigenvalue weighted by Crippen LogP contribution is -2.50. The Morgan fingerprint density at radius 1 is 1.35 bits per heavy atom. The summed E-state index contributed by atoms with van der Waals surface area (Å²) in [6.07, 6.45) is 0. The van der Waals surface area contributed by atoms with Crippen LogP contribution in [0.5, 0.6) is 0 Å². The molecule has 2 rings (SSSR count). The van der Waals surface area contributed by atoms with Crippen molar-refractivity contribution in [1.29, 1.82) is 0 Å². The molecule has 0 aliphatic carbocycles. The van der Waals surface area contributed by atoms with E-state index in [1.54, 1.807) is 0 Å². The lowest BCUT2D eigenvalue weighted by Gasteiger charge is -2.31. The first-order chi connectivity index (χ1) is 9.34. The second kappa shape index (κ2) is 6.11. The number of carboxylic acids is 1. The molecule has 1 aromatic carbocycles. The molecule has 1 atom stereocenters. The number of sulfonamides is 1. The van der Waals surface area contributed by atoms with Crippen molar-refractivity contribution in [3.05, 3.63) is 28.2 Å². The fourth-order valence-electron chi connectivity index (χ4n) is 1.84. The third-order valence-electron chi connectivity index (χ3n) is 2.86. The van der Waals surface area contributed by atoms with E-state index in [1.807, 2.05) is 0 Å². The van der Waals surface area contributed by atoms with Crippen molar-refractivity contribution in [1.82, 2.24) is 4.31 Å². The molecule has 1 N–H and O–H groups in total. The molecule has 1 unspecified atom stereocenters. The third kappa shape index (κ3) is 3.07. The molecule has 0 radical (unpaired) electrons. The minimum atomic E-state index is -3.90. The molecule has 1 saturated heterocycles. The minimum Gasteiger partial charge on any atom is -0.480 e. The van der Waals surface area contributed by atoms with Gasteiger partial charge in [0.2, 0.25) is 10.0 Å². The van der Waals surface area contributed by atoms with Crippen molar-refractivity contribution < 1.29 is 18.3 Å². The fourth-order valence-corrected chi connectivity index (χ4v) is 5.06. The highest BCUT2D eigenvalue weighted by atomic mass is 35.5. The van der Waals surface area contributed by atoms with Crippen LogP contribution in [0.25, 0.3) is 0 Å². The fraction of sp³-hybridized carbons (Fsp3) is 0.364. The molecule has 20 heavy (non-hydrogen) atoms. The van der Waals surface area contributed by atoms with Crippen LogP contribution in [0.2, 0.25) is 10.0 Å². The number of aliphatic carboxylic acids is 1. The maximum absolute atomic E-state index is 12.5. The van der Waals surface area contributed by atoms with E-state index >= 15 is 0 Å². The van der Waals surface area contributed by atoms with E-state index in [9.17, 15) is 13.2 Å². The summed E-state index contributed by atoms with van der Waals surface area (Å²) in [5, 5.41) is 9.51. The molecule has 0 spiro atoms. The number of hydrogen-bond acceptors (Lipinski definition) is 4. The van der Waals surface area contributed by atoms with Gasteiger partial charge < -0.3 is 5.11 Å². The molecule has 0 saturated carbocycles. The zero-order valence-electron chi connectivity index (χ0n) is 10.1. The topological polar surface area (TPSA) is 74.7 Å². The van der Waals surface area contributed by atoms with Gasteiger partial charge in [0.05, 0.1) is 14.9 Å². The maximum Gasteiger partial charge on any atom is 0.322 e. The minimum absolute atomic E-state index is 0.0509. The molecule has 0 amide bonds. The molecule has 5 nitrogen and oxygen atoms in total. The number of carbonyl (C=O) groups is 1. The van der Waals surface area contributed by atoms with E-state index < -0.39 is 22.0 Å². The normalized spacial score (nSPS) is 20.8. The lowest BCUT2D eigenvalue weighted by atomic mass is 10.3. The highest BCUT2D eigenvalue weighted by Gasteiger charge is 2.38. The van der Waals surface area contributed by atoms with Gasteiger partial charge in [0, 0.05) is 18.1 Å². The van der Waals surface area contributed by atoms with Crippen molar-refractivity contribution >= 4 is 51.0 Å². The Hall–Kier alpha value is -0.470. The standard InChI is InChI=1S/C11H11Cl2NO4S2/c12-8-2-1-7(5-9(8)13)20(17,18)14-3-4-19-6-10(14)11(15)16/h1-2,5,10H,3-4,6H2,(H,15,16). The van der Waals surface area contributed by atoms with Crippen molar-refractivity contribution in [2.24, 2.45) is 0 Å². The Balaban J connectivity index is 2.42. The smallest absolute Gasteiger partial charge is 0.322 e. The van der Waals surface area contributed by atoms with E-state index in [2.05, 4.69) is 0 Å². The van der Waals surface area contributed by atoms with Crippen LogP contribution in [0.1, 0.15) is 0 Å². The van der Waals surface area contributed by atoms with Gasteiger partial charge in [0.25, 0.3) is 0 Å². The van der Waals surface area contributed by atoms with Crippen LogP contribution in [0.3, 0.4) is 0 Å². The monoisotopic (exact) mass is 355 g/mol. The van der Waals surface area contributed by atoms with Gasteiger partial charge in [-0.1, -0.05) is 23.2 Å². The number of benzene rings is 1. The van der Waals surface area contributed by atoms with Gasteiger partial charge in [-0.25, -0.2) is 8.42 Å². The van der Waals surface area contributed by atoms with E-state index in [-0.39, 0.29) is 27.2 Å². The predicted molar refractivity (Wildman–Crippen MR) is 79.1 cm³/mol. The zero-order valence-corrected chi connectivity index (χ0v) is 13.3. The highest BCUT2D eigenvalue weighted by Crippen LogP contribution is 2.29. The molecule has 1 aliphatic rings. The molecule has 1 aliphatic heterocycles. The Morgan fingerprint density at radius 3 is 2.65 bits per heavy atom. The summed E-state index contributed by atoms with van der Waals surface area (Å²) in [4.78, 5) is 11.1. The summed E-state index contributed by atoms with van der Waals surface area (Å²) in [6.45, 7) is 0.157. The molecule has 0 bridgehead atoms. The number of carboxylic acid groups (broad SMARTS) is 1. The summed E-state index contributed by atoms with van der Waals surface area (Å²) in [6, 6.07) is 2.88. The number of halogens is 2. The Bertz CT molecular complexity index is 635. The number of hydrogen-bond donors (Lipinski definition) is 1. The zero-order chi connectivity index (χ0) is 14.9. The van der Waals surface area contributed by atoms with Crippen LogP contribution in [0.4, 0.5) is 0 Å². The number of rotatable bonds is 3. The summed E-state index contributed by atoms with van der Waals surface area (Å²) < 4.78 is 26.0. The summed E-state index contributed by atoms with van der Waals surface area (Å²) in [7, 11) is -3.90. The van der Waals surface area contributed by atoms with Gasteiger partial charge in [-0.05, 0) is 18.2 Å². The van der Waals surface area contributed by atoms with Gasteiger partial charge in [0.1, 0.15) is 6.04 Å². The number of thioether (sulfide) groups is 1. The average molecular weight is 356 g/mol. The first-order valence-electron chi connectivity index (χ1n) is 5.61. The molecule has 9 heteroatoms. The Labute approximate surface area is 130 Å². The van der Waals surface area contributed by atoms with Gasteiger partial charge in [-0.15, -0.1) is 0 Å². The van der Waals surface area contributed by atoms with Crippen LogP contribution in [0, 0.1) is 0 Å². The third-order valence-corrected chi connectivity index (χ3v) is 6.53. The first-order valence-corrected chi connectivity index (χ1v) is 8.96. The van der Waals surface area contributed by atoms with Gasteiger partial charge >= 0.3 is 5.97 Å². The van der Waals surface area contributed by atoms with E-state index in [1.165, 1.54) is 30.0 Å². The SMILES string of the molecule is O=C(O)C1CSCCN1S(=O)(=O)c1ccc(Cl)c(Cl)c1. The van der Waals surface area contributed by atoms with Crippen LogP contribution in [-0.4, -0.2) is 47.9 Å². The maximum atomic E-state index is 12.5. The second-order valence-electron chi connectivity index (χ2n) is 4.12. The highest BCUT2D eigenvalue weighted by molar-refractivity contribution is 7.99. The molecule has 1 heterocycles. The Morgan fingerprint density at radius 2 is 2.05 bits per heavy atom. The summed E-state index contributed by atoms with van der Waals surface area (Å²) in [5.74, 6) is -0.360. The van der Waals surface area contributed by atoms with E-state index in [4.69, 9.17) is 28.3 Å². The van der Waals surface area contributed by atoms with E-state index in [0.29, 0.717) is 5.75 Å². The van der Waals surface area contributed by atoms with Gasteiger partial charge in [-0.3, -0.25) is 4.79 Å². The number of nitrogens with zero attached hydrogens (tertiary/aromatic N) is 1. The first kappa shape index (κ1) is 15.9. The summed E-state index contributed by atoms with van der Waals surface area (Å²) in [5.41, 5.74) is 0. The van der Waals surface area contributed by atoms with E-state index in [0.717, 1.165) is 4.31 Å². The Kier molecular flexibility index (Phi) is 4.86. The van der Waals surface area contributed by atoms with Crippen molar-refractivity contribution in [3.8, 4) is 0 Å². The van der Waals surface area contributed by atoms with Crippen LogP contribution < -0.4 is 0 Å². The van der Waals surface area contributed by atoms with Crippen molar-refractivity contribution in [3.63, 3.8) is 0 Å². The van der Waals surface area contributed by atoms with Crippen molar-refractivity contribution in [2.75, 3.05) is 18.1 Å². The van der Waals surface area contributed by atoms with Gasteiger partial charge in [-0.2, -0.15) is 16.1 Å². The molecule has 1 aromatic rings. The lowest BCUT2D eigenvalue weighted by molar-refractivity contribution is -0.140. The van der Waals surface area contributed by atoms with Crippen LogP contribution in [-0.2, 0) is 14.8 Å². The molecular formula is C11H11Cl2NO4S2. The largest absolute Gasteiger partial charge is 0.480 e. The predicted octanol–water partition coefficient (Wildman–Crippen LogP) is 2.18. The quantitative estimate of drug-likeness (QED) is 0.899. The van der Waals surface area contributed by atoms with Crippen molar-refractivity contribution in [2.45, 2.75) is 10.9 Å². The molecule has 1 fully saturated rings. The molecule has 110 valence electrons. The summed E-state index contributed by atoms with van der Waals surface area (Å²) >= 11 is 13.0. The molecule has 0 aromatic heterocycles. The van der Waals surface area contributed by atoms with Crippen LogP contribution >= 0.6 is 35.0 Å². The second-order valence-corrected chi connectivity index (χ2v) is 7.98.